The van der Waals surface area contributed by atoms with Crippen molar-refractivity contribution >= 4 is 6.21 Å². The third-order valence-corrected chi connectivity index (χ3v) is 2.73. The molecule has 1 aliphatic rings. The third-order valence-electron chi connectivity index (χ3n) is 2.73. The Morgan fingerprint density at radius 1 is 1.20 bits per heavy atom. The molecule has 0 saturated heterocycles. The van der Waals surface area contributed by atoms with Crippen LogP contribution in [0.1, 0.15) is 41.5 Å². The van der Waals surface area contributed by atoms with Crippen molar-refractivity contribution in [2.45, 2.75) is 53.8 Å². The minimum atomic E-state index is 0.0801. The van der Waals surface area contributed by atoms with Crippen molar-refractivity contribution in [3.63, 3.8) is 0 Å². The highest BCUT2D eigenvalue weighted by Gasteiger charge is 2.24. The highest BCUT2D eigenvalue weighted by Crippen LogP contribution is 2.24. The molecule has 2 heteroatoms. The Labute approximate surface area is 94.1 Å². The first-order chi connectivity index (χ1) is 6.83. The van der Waals surface area contributed by atoms with Crippen LogP contribution in [0.4, 0.5) is 0 Å². The Morgan fingerprint density at radius 3 is 2.27 bits per heavy atom. The first-order valence-electron chi connectivity index (χ1n) is 5.84. The summed E-state index contributed by atoms with van der Waals surface area (Å²) < 4.78 is 0. The largest absolute Gasteiger partial charge is 0.354 e. The van der Waals surface area contributed by atoms with Gasteiger partial charge in [0.1, 0.15) is 6.17 Å². The first-order valence-corrected chi connectivity index (χ1v) is 5.84. The summed E-state index contributed by atoms with van der Waals surface area (Å²) in [6.45, 7) is 13.3. The fraction of sp³-hybridized carbons (Fsp3) is 0.769. The Morgan fingerprint density at radius 2 is 1.80 bits per heavy atom. The van der Waals surface area contributed by atoms with Crippen LogP contribution in [0, 0.1) is 11.3 Å². The molecular formula is C13H24N2. The van der Waals surface area contributed by atoms with Crippen molar-refractivity contribution in [1.29, 1.82) is 0 Å². The van der Waals surface area contributed by atoms with Gasteiger partial charge >= 0.3 is 0 Å². The van der Waals surface area contributed by atoms with Crippen molar-refractivity contribution in [3.05, 3.63) is 12.3 Å². The lowest BCUT2D eigenvalue weighted by Gasteiger charge is -2.33. The molecule has 1 heterocycles. The molecule has 0 spiro atoms. The van der Waals surface area contributed by atoms with Crippen molar-refractivity contribution in [2.24, 2.45) is 16.3 Å². The normalized spacial score (nSPS) is 25.1. The molecule has 0 amide bonds. The molecule has 1 aliphatic heterocycles. The zero-order valence-electron chi connectivity index (χ0n) is 10.9. The lowest BCUT2D eigenvalue weighted by atomic mass is 9.96. The fourth-order valence-corrected chi connectivity index (χ4v) is 1.75. The van der Waals surface area contributed by atoms with Crippen molar-refractivity contribution in [1.82, 2.24) is 4.90 Å². The van der Waals surface area contributed by atoms with Gasteiger partial charge in [-0.1, -0.05) is 33.8 Å². The number of nitrogens with zero attached hydrogens (tertiary/aromatic N) is 2. The monoisotopic (exact) mass is 208 g/mol. The Balaban J connectivity index is 2.98. The van der Waals surface area contributed by atoms with Gasteiger partial charge in [0.05, 0.1) is 0 Å². The number of hydrogen-bond acceptors (Lipinski definition) is 2. The fourth-order valence-electron chi connectivity index (χ4n) is 1.75. The number of allylic oxidation sites excluding steroid dienone is 1. The van der Waals surface area contributed by atoms with Gasteiger partial charge in [0.2, 0.25) is 0 Å². The van der Waals surface area contributed by atoms with E-state index in [1.54, 1.807) is 0 Å². The molecule has 1 rings (SSSR count). The molecule has 0 aromatic rings. The standard InChI is InChI=1S/C13H24N2/c1-10(2)12-14-9-13(5,6)7-8-15(12)11(3)4/h7-12H,1-6H3. The second kappa shape index (κ2) is 4.38. The summed E-state index contributed by atoms with van der Waals surface area (Å²) in [5.74, 6) is 0.544. The van der Waals surface area contributed by atoms with Gasteiger partial charge in [-0.25, -0.2) is 0 Å². The first kappa shape index (κ1) is 12.3. The van der Waals surface area contributed by atoms with Crippen molar-refractivity contribution in [3.8, 4) is 0 Å². The van der Waals surface area contributed by atoms with E-state index in [1.165, 1.54) is 0 Å². The minimum absolute atomic E-state index is 0.0801. The molecular weight excluding hydrogens is 184 g/mol. The maximum atomic E-state index is 4.72. The quantitative estimate of drug-likeness (QED) is 0.680. The third kappa shape index (κ3) is 3.08. The summed E-state index contributed by atoms with van der Waals surface area (Å²) in [5.41, 5.74) is 0.0801. The second-order valence-electron chi connectivity index (χ2n) is 5.61. The molecule has 0 aromatic carbocycles. The summed E-state index contributed by atoms with van der Waals surface area (Å²) in [6.07, 6.45) is 6.81. The summed E-state index contributed by atoms with van der Waals surface area (Å²) in [5, 5.41) is 0. The van der Waals surface area contributed by atoms with Gasteiger partial charge in [0.15, 0.2) is 0 Å². The average Bonchev–Trinajstić information content (AvgIpc) is 2.23. The summed E-state index contributed by atoms with van der Waals surface area (Å²) in [4.78, 5) is 7.06. The zero-order valence-corrected chi connectivity index (χ0v) is 10.9. The molecule has 0 N–H and O–H groups in total. The van der Waals surface area contributed by atoms with Crippen molar-refractivity contribution in [2.75, 3.05) is 0 Å². The van der Waals surface area contributed by atoms with Crippen LogP contribution in [0.15, 0.2) is 17.3 Å². The van der Waals surface area contributed by atoms with Gasteiger partial charge in [-0.15, -0.1) is 0 Å². The topological polar surface area (TPSA) is 15.6 Å². The molecule has 0 saturated carbocycles. The molecule has 0 radical (unpaired) electrons. The second-order valence-corrected chi connectivity index (χ2v) is 5.61. The van der Waals surface area contributed by atoms with E-state index in [9.17, 15) is 0 Å². The van der Waals surface area contributed by atoms with Gasteiger partial charge in [-0.2, -0.15) is 0 Å². The van der Waals surface area contributed by atoms with Crippen LogP contribution >= 0.6 is 0 Å². The van der Waals surface area contributed by atoms with Crippen LogP contribution in [0.2, 0.25) is 0 Å². The highest BCUT2D eigenvalue weighted by molar-refractivity contribution is 5.68. The van der Waals surface area contributed by atoms with Gasteiger partial charge < -0.3 is 4.90 Å². The zero-order chi connectivity index (χ0) is 11.6. The Kier molecular flexibility index (Phi) is 3.58. The van der Waals surface area contributed by atoms with E-state index in [0.29, 0.717) is 12.0 Å². The van der Waals surface area contributed by atoms with Gasteiger partial charge in [-0.05, 0) is 26.0 Å². The molecule has 1 unspecified atom stereocenters. The maximum absolute atomic E-state index is 4.72. The highest BCUT2D eigenvalue weighted by atomic mass is 15.3. The van der Waals surface area contributed by atoms with E-state index in [0.717, 1.165) is 0 Å². The van der Waals surface area contributed by atoms with E-state index in [-0.39, 0.29) is 11.6 Å². The lowest BCUT2D eigenvalue weighted by Crippen LogP contribution is -2.37. The predicted molar refractivity (Wildman–Crippen MR) is 67.0 cm³/mol. The SMILES string of the molecule is CC(C)C1N=CC(C)(C)C=CN1C(C)C. The Bertz CT molecular complexity index is 236. The number of aliphatic imine (C=N–C) groups is 1. The van der Waals surface area contributed by atoms with Gasteiger partial charge in [0.25, 0.3) is 0 Å². The molecule has 0 fully saturated rings. The average molecular weight is 208 g/mol. The molecule has 0 aromatic heterocycles. The molecule has 86 valence electrons. The van der Waals surface area contributed by atoms with E-state index in [4.69, 9.17) is 4.99 Å². The van der Waals surface area contributed by atoms with Crippen LogP contribution in [0.5, 0.6) is 0 Å². The number of hydrogen-bond donors (Lipinski definition) is 0. The van der Waals surface area contributed by atoms with Crippen LogP contribution in [-0.2, 0) is 0 Å². The van der Waals surface area contributed by atoms with Gasteiger partial charge in [-0.3, -0.25) is 4.99 Å². The molecule has 2 nitrogen and oxygen atoms in total. The van der Waals surface area contributed by atoms with Crippen LogP contribution in [-0.4, -0.2) is 23.3 Å². The number of rotatable bonds is 2. The minimum Gasteiger partial charge on any atom is -0.354 e. The van der Waals surface area contributed by atoms with Gasteiger partial charge in [0, 0.05) is 17.7 Å². The molecule has 15 heavy (non-hydrogen) atoms. The molecule has 0 bridgehead atoms. The maximum Gasteiger partial charge on any atom is 0.122 e. The van der Waals surface area contributed by atoms with Crippen LogP contribution < -0.4 is 0 Å². The van der Waals surface area contributed by atoms with E-state index < -0.39 is 0 Å². The predicted octanol–water partition coefficient (Wildman–Crippen LogP) is 3.30. The molecule has 1 atom stereocenters. The summed E-state index contributed by atoms with van der Waals surface area (Å²) >= 11 is 0. The van der Waals surface area contributed by atoms with E-state index in [2.05, 4.69) is 64.9 Å². The van der Waals surface area contributed by atoms with E-state index >= 15 is 0 Å². The summed E-state index contributed by atoms with van der Waals surface area (Å²) in [6, 6.07) is 0.500. The summed E-state index contributed by atoms with van der Waals surface area (Å²) in [7, 11) is 0. The Hall–Kier alpha value is -0.790. The lowest BCUT2D eigenvalue weighted by molar-refractivity contribution is 0.189. The van der Waals surface area contributed by atoms with Crippen LogP contribution in [0.3, 0.4) is 0 Å². The van der Waals surface area contributed by atoms with E-state index in [1.807, 2.05) is 0 Å². The smallest absolute Gasteiger partial charge is 0.122 e. The van der Waals surface area contributed by atoms with Crippen molar-refractivity contribution < 1.29 is 0 Å². The van der Waals surface area contributed by atoms with Crippen LogP contribution in [0.25, 0.3) is 0 Å². The molecule has 0 aliphatic carbocycles.